The highest BCUT2D eigenvalue weighted by Crippen LogP contribution is 2.24. The molecule has 0 aromatic heterocycles. The molecule has 0 heterocycles. The molecule has 0 atom stereocenters. The molecule has 1 aromatic rings. The molecule has 0 aliphatic rings. The quantitative estimate of drug-likeness (QED) is 0.591. The number of nitrogens with one attached hydrogen (secondary N) is 1. The van der Waals surface area contributed by atoms with Gasteiger partial charge in [0.05, 0.1) is 25.5 Å². The van der Waals surface area contributed by atoms with E-state index >= 15 is 0 Å². The monoisotopic (exact) mass is 264 g/mol. The van der Waals surface area contributed by atoms with Crippen LogP contribution in [-0.4, -0.2) is 25.6 Å². The SMILES string of the molecule is CCOc1ccccc1N/C(=C\C(=O)OC)C(N)=O. The molecule has 6 nitrogen and oxygen atoms in total. The summed E-state index contributed by atoms with van der Waals surface area (Å²) in [5.74, 6) is -0.881. The number of esters is 1. The largest absolute Gasteiger partial charge is 0.492 e. The summed E-state index contributed by atoms with van der Waals surface area (Å²) in [6.07, 6.45) is 0.991. The van der Waals surface area contributed by atoms with E-state index in [4.69, 9.17) is 10.5 Å². The van der Waals surface area contributed by atoms with Crippen molar-refractivity contribution in [3.63, 3.8) is 0 Å². The van der Waals surface area contributed by atoms with Crippen molar-refractivity contribution in [3.05, 3.63) is 36.0 Å². The second-order valence-corrected chi connectivity index (χ2v) is 3.50. The summed E-state index contributed by atoms with van der Waals surface area (Å²) >= 11 is 0. The fourth-order valence-electron chi connectivity index (χ4n) is 1.34. The highest BCUT2D eigenvalue weighted by Gasteiger charge is 2.11. The van der Waals surface area contributed by atoms with Gasteiger partial charge in [0.1, 0.15) is 11.4 Å². The minimum atomic E-state index is -0.767. The van der Waals surface area contributed by atoms with Gasteiger partial charge >= 0.3 is 5.97 Å². The van der Waals surface area contributed by atoms with Crippen molar-refractivity contribution in [2.75, 3.05) is 19.0 Å². The highest BCUT2D eigenvalue weighted by molar-refractivity contribution is 6.01. The Hall–Kier alpha value is -2.50. The topological polar surface area (TPSA) is 90.7 Å². The van der Waals surface area contributed by atoms with Gasteiger partial charge in [0.25, 0.3) is 5.91 Å². The number of ether oxygens (including phenoxy) is 2. The molecule has 19 heavy (non-hydrogen) atoms. The molecule has 0 unspecified atom stereocenters. The van der Waals surface area contributed by atoms with Crippen LogP contribution in [0.3, 0.4) is 0 Å². The lowest BCUT2D eigenvalue weighted by Crippen LogP contribution is -2.21. The first-order valence-electron chi connectivity index (χ1n) is 5.66. The molecule has 0 aliphatic carbocycles. The third-order valence-corrected chi connectivity index (χ3v) is 2.19. The number of hydrogen-bond acceptors (Lipinski definition) is 5. The predicted molar refractivity (Wildman–Crippen MR) is 70.5 cm³/mol. The van der Waals surface area contributed by atoms with Crippen molar-refractivity contribution in [2.45, 2.75) is 6.92 Å². The molecule has 3 N–H and O–H groups in total. The van der Waals surface area contributed by atoms with Crippen LogP contribution in [-0.2, 0) is 14.3 Å². The van der Waals surface area contributed by atoms with E-state index in [0.717, 1.165) is 6.08 Å². The molecular formula is C13H16N2O4. The van der Waals surface area contributed by atoms with E-state index in [1.54, 1.807) is 24.3 Å². The number of primary amides is 1. The summed E-state index contributed by atoms with van der Waals surface area (Å²) in [6, 6.07) is 7.01. The van der Waals surface area contributed by atoms with Crippen molar-refractivity contribution < 1.29 is 19.1 Å². The summed E-state index contributed by atoms with van der Waals surface area (Å²) in [5, 5.41) is 2.76. The molecule has 0 fully saturated rings. The average molecular weight is 264 g/mol. The fourth-order valence-corrected chi connectivity index (χ4v) is 1.34. The van der Waals surface area contributed by atoms with E-state index in [9.17, 15) is 9.59 Å². The summed E-state index contributed by atoms with van der Waals surface area (Å²) in [5.41, 5.74) is 5.66. The van der Waals surface area contributed by atoms with Gasteiger partial charge in [0, 0.05) is 0 Å². The van der Waals surface area contributed by atoms with Crippen LogP contribution in [0.5, 0.6) is 5.75 Å². The predicted octanol–water partition coefficient (Wildman–Crippen LogP) is 1.04. The van der Waals surface area contributed by atoms with E-state index in [0.29, 0.717) is 18.0 Å². The minimum absolute atomic E-state index is 0.0704. The number of benzene rings is 1. The van der Waals surface area contributed by atoms with Crippen LogP contribution < -0.4 is 15.8 Å². The lowest BCUT2D eigenvalue weighted by atomic mass is 10.2. The van der Waals surface area contributed by atoms with Crippen molar-refractivity contribution in [2.24, 2.45) is 5.73 Å². The molecule has 0 saturated heterocycles. The number of carbonyl (C=O) groups excluding carboxylic acids is 2. The molecule has 6 heteroatoms. The van der Waals surface area contributed by atoms with Crippen LogP contribution in [0.15, 0.2) is 36.0 Å². The maximum atomic E-state index is 11.3. The second kappa shape index (κ2) is 7.05. The van der Waals surface area contributed by atoms with Crippen LogP contribution in [0.2, 0.25) is 0 Å². The average Bonchev–Trinajstić information content (AvgIpc) is 2.40. The van der Waals surface area contributed by atoms with Gasteiger partial charge in [-0.05, 0) is 19.1 Å². The minimum Gasteiger partial charge on any atom is -0.492 e. The van der Waals surface area contributed by atoms with E-state index in [-0.39, 0.29) is 5.70 Å². The van der Waals surface area contributed by atoms with Crippen molar-refractivity contribution >= 4 is 17.6 Å². The van der Waals surface area contributed by atoms with Gasteiger partial charge in [0.15, 0.2) is 0 Å². The first kappa shape index (κ1) is 14.6. The van der Waals surface area contributed by atoms with Crippen LogP contribution in [0, 0.1) is 0 Å². The number of para-hydroxylation sites is 2. The fraction of sp³-hybridized carbons (Fsp3) is 0.231. The van der Waals surface area contributed by atoms with Gasteiger partial charge in [-0.3, -0.25) is 4.79 Å². The Labute approximate surface area is 111 Å². The number of methoxy groups -OCH3 is 1. The molecule has 1 rings (SSSR count). The number of carbonyl (C=O) groups is 2. The van der Waals surface area contributed by atoms with E-state index < -0.39 is 11.9 Å². The molecule has 102 valence electrons. The zero-order chi connectivity index (χ0) is 14.3. The Morgan fingerprint density at radius 2 is 2.05 bits per heavy atom. The van der Waals surface area contributed by atoms with Crippen molar-refractivity contribution in [1.29, 1.82) is 0 Å². The summed E-state index contributed by atoms with van der Waals surface area (Å²) in [4.78, 5) is 22.4. The number of anilines is 1. The molecule has 0 spiro atoms. The smallest absolute Gasteiger partial charge is 0.332 e. The summed E-state index contributed by atoms with van der Waals surface area (Å²) in [7, 11) is 1.21. The number of amides is 1. The maximum Gasteiger partial charge on any atom is 0.332 e. The first-order chi connectivity index (χ1) is 9.08. The van der Waals surface area contributed by atoms with Gasteiger partial charge in [-0.15, -0.1) is 0 Å². The first-order valence-corrected chi connectivity index (χ1v) is 5.66. The summed E-state index contributed by atoms with van der Waals surface area (Å²) < 4.78 is 9.84. The van der Waals surface area contributed by atoms with E-state index in [1.807, 2.05) is 6.92 Å². The Morgan fingerprint density at radius 3 is 2.63 bits per heavy atom. The van der Waals surface area contributed by atoms with Crippen LogP contribution in [0.1, 0.15) is 6.92 Å². The lowest BCUT2D eigenvalue weighted by molar-refractivity contribution is -0.135. The van der Waals surface area contributed by atoms with Gasteiger partial charge in [-0.25, -0.2) is 4.79 Å². The number of rotatable bonds is 6. The van der Waals surface area contributed by atoms with Gasteiger partial charge in [-0.1, -0.05) is 12.1 Å². The Bertz CT molecular complexity index is 497. The zero-order valence-corrected chi connectivity index (χ0v) is 10.8. The normalized spacial score (nSPS) is 10.7. The third-order valence-electron chi connectivity index (χ3n) is 2.19. The number of nitrogens with two attached hydrogens (primary N) is 1. The van der Waals surface area contributed by atoms with Gasteiger partial charge in [0.2, 0.25) is 0 Å². The maximum absolute atomic E-state index is 11.3. The van der Waals surface area contributed by atoms with Crippen LogP contribution in [0.25, 0.3) is 0 Å². The summed E-state index contributed by atoms with van der Waals surface area (Å²) in [6.45, 7) is 2.32. The van der Waals surface area contributed by atoms with Gasteiger partial charge in [-0.2, -0.15) is 0 Å². The van der Waals surface area contributed by atoms with Crippen molar-refractivity contribution in [1.82, 2.24) is 0 Å². The zero-order valence-electron chi connectivity index (χ0n) is 10.8. The van der Waals surface area contributed by atoms with E-state index in [2.05, 4.69) is 10.1 Å². The highest BCUT2D eigenvalue weighted by atomic mass is 16.5. The molecule has 1 aromatic carbocycles. The molecule has 1 amide bonds. The number of hydrogen-bond donors (Lipinski definition) is 2. The molecule has 0 saturated carbocycles. The molecule has 0 aliphatic heterocycles. The molecular weight excluding hydrogens is 248 g/mol. The van der Waals surface area contributed by atoms with Crippen molar-refractivity contribution in [3.8, 4) is 5.75 Å². The second-order valence-electron chi connectivity index (χ2n) is 3.50. The third kappa shape index (κ3) is 4.34. The van der Waals surface area contributed by atoms with Gasteiger partial charge < -0.3 is 20.5 Å². The van der Waals surface area contributed by atoms with E-state index in [1.165, 1.54) is 7.11 Å². The standard InChI is InChI=1S/C13H16N2O4/c1-3-19-11-7-5-4-6-9(11)15-10(13(14)17)8-12(16)18-2/h4-8,15H,3H2,1-2H3,(H2,14,17)/b10-8-. The van der Waals surface area contributed by atoms with Crippen LogP contribution in [0.4, 0.5) is 5.69 Å². The Balaban J connectivity index is 3.00. The Kier molecular flexibility index (Phi) is 5.40. The molecule has 0 bridgehead atoms. The van der Waals surface area contributed by atoms with Crippen LogP contribution >= 0.6 is 0 Å². The Morgan fingerprint density at radius 1 is 1.37 bits per heavy atom. The molecule has 0 radical (unpaired) electrons. The lowest BCUT2D eigenvalue weighted by Gasteiger charge is -2.12.